The van der Waals surface area contributed by atoms with E-state index in [1.54, 1.807) is 43.3 Å². The maximum absolute atomic E-state index is 12.3. The number of azo groups is 1. The Labute approximate surface area is 577 Å². The number of aliphatic hydroxyl groups is 1. The number of allylic oxidation sites excluding steroid dienone is 3. The van der Waals surface area contributed by atoms with Crippen LogP contribution in [0.1, 0.15) is 44.3 Å². The molecule has 3 heterocycles. The van der Waals surface area contributed by atoms with Crippen LogP contribution in [0.5, 0.6) is 5.75 Å². The Morgan fingerprint density at radius 3 is 1.47 bits per heavy atom. The topological polar surface area (TPSA) is 242 Å². The van der Waals surface area contributed by atoms with Gasteiger partial charge in [-0.1, -0.05) is 72.3 Å². The summed E-state index contributed by atoms with van der Waals surface area (Å²) >= 11 is 0. The summed E-state index contributed by atoms with van der Waals surface area (Å²) in [5, 5.41) is 35.1. The number of nitrogens with one attached hydrogen (secondary N) is 3. The molecular weight excluding hydrogens is 1260 g/mol. The van der Waals surface area contributed by atoms with Gasteiger partial charge in [-0.05, 0) is 153 Å². The summed E-state index contributed by atoms with van der Waals surface area (Å²) in [6.45, 7) is 7.82. The molecule has 0 amide bonds. The minimum Gasteiger partial charge on any atom is -0.508 e. The smallest absolute Gasteiger partial charge is 0.230 e. The number of ketones is 2. The molecule has 95 heavy (non-hydrogen) atoms. The number of anilines is 6. The summed E-state index contributed by atoms with van der Waals surface area (Å²) in [7, 11) is 12.3. The van der Waals surface area contributed by atoms with Crippen molar-refractivity contribution in [2.75, 3.05) is 74.2 Å². The molecule has 16 nitrogen and oxygen atoms in total. The van der Waals surface area contributed by atoms with E-state index in [1.165, 1.54) is 44.8 Å². The second-order valence-electron chi connectivity index (χ2n) is 24.5. The van der Waals surface area contributed by atoms with Crippen molar-refractivity contribution in [3.8, 4) is 5.75 Å². The van der Waals surface area contributed by atoms with Crippen LogP contribution in [-0.4, -0.2) is 69.0 Å². The molecule has 0 fully saturated rings. The number of pyridine rings is 2. The summed E-state index contributed by atoms with van der Waals surface area (Å²) in [6, 6.07) is 63.3. The number of rotatable bonds is 5. The molecule has 0 spiro atoms. The first-order valence-electron chi connectivity index (χ1n) is 30.9. The van der Waals surface area contributed by atoms with E-state index >= 15 is 0 Å². The summed E-state index contributed by atoms with van der Waals surface area (Å²) in [6.07, 6.45) is 3.19. The molecule has 2 aliphatic rings. The number of carbonyl (C=O) groups is 2. The molecule has 13 aromatic rings. The van der Waals surface area contributed by atoms with E-state index < -0.39 is 11.8 Å². The van der Waals surface area contributed by atoms with Gasteiger partial charge in [0.1, 0.15) is 28.2 Å². The number of aromatic amines is 3. The Kier molecular flexibility index (Phi) is 20.3. The molecule has 10 aromatic carbocycles. The molecule has 11 N–H and O–H groups in total. The number of aromatic nitrogens is 4. The van der Waals surface area contributed by atoms with E-state index in [9.17, 15) is 19.8 Å². The molecule has 3 aromatic heterocycles. The molecule has 1 radical (unpaired) electrons. The van der Waals surface area contributed by atoms with Crippen LogP contribution in [0.4, 0.5) is 45.5 Å². The quantitative estimate of drug-likeness (QED) is 0.0616. The zero-order valence-corrected chi connectivity index (χ0v) is 57.8. The Hall–Kier alpha value is -10.7. The van der Waals surface area contributed by atoms with Crippen LogP contribution >= 0.6 is 0 Å². The van der Waals surface area contributed by atoms with Gasteiger partial charge in [0.25, 0.3) is 0 Å². The van der Waals surface area contributed by atoms with E-state index in [4.69, 9.17) is 17.2 Å². The van der Waals surface area contributed by atoms with Gasteiger partial charge in [-0.3, -0.25) is 9.59 Å². The molecule has 473 valence electrons. The molecule has 2 aliphatic carbocycles. The summed E-state index contributed by atoms with van der Waals surface area (Å²) < 4.78 is 0. The summed E-state index contributed by atoms with van der Waals surface area (Å²) in [4.78, 5) is 45.9. The number of H-pyrrole nitrogens is 3. The third-order valence-corrected chi connectivity index (χ3v) is 16.9. The molecule has 17 heteroatoms. The number of benzene rings is 10. The van der Waals surface area contributed by atoms with Crippen LogP contribution in [0.25, 0.3) is 76.5 Å². The first-order chi connectivity index (χ1) is 45.0. The maximum atomic E-state index is 12.3. The van der Waals surface area contributed by atoms with Gasteiger partial charge in [0.15, 0.2) is 11.6 Å². The predicted molar refractivity (Wildman–Crippen MR) is 385 cm³/mol. The van der Waals surface area contributed by atoms with E-state index in [2.05, 4.69) is 159 Å². The Morgan fingerprint density at radius 2 is 0.916 bits per heavy atom. The SMILES string of the molecule is CC1=CC2C(=O)c3ccccc3C(=O)C2C=C1O.CN(C)c1ccc2cc3ccc(N(C)C)cc3[nH+]c2c1.Cc1cc(C)c2c(N=Nc3ccccc3)c(O)ccc2c1.Cc1cc2[nH+]c3ccc(N(C)C)cc3nc2cc1N.Nc1ccc2cc3ccc(N)cc3[nH+]c2c1.[Y]. The summed E-state index contributed by atoms with van der Waals surface area (Å²) in [5.41, 5.74) is 37.8. The number of aliphatic hydroxyl groups excluding tert-OH is 1. The number of phenols is 1. The van der Waals surface area contributed by atoms with Crippen molar-refractivity contribution >= 4 is 134 Å². The van der Waals surface area contributed by atoms with Crippen molar-refractivity contribution in [2.24, 2.45) is 22.1 Å². The molecule has 15 rings (SSSR count). The van der Waals surface area contributed by atoms with Crippen molar-refractivity contribution in [3.05, 3.63) is 245 Å². The number of nitrogen functional groups attached to an aromatic ring is 3. The number of nitrogens with zero attached hydrogens (tertiary/aromatic N) is 6. The van der Waals surface area contributed by atoms with Crippen molar-refractivity contribution in [2.45, 2.75) is 27.7 Å². The van der Waals surface area contributed by atoms with Crippen LogP contribution in [0.15, 0.2) is 228 Å². The van der Waals surface area contributed by atoms with Gasteiger partial charge >= 0.3 is 0 Å². The monoisotopic (exact) mass is 1330 g/mol. The number of aromatic hydroxyl groups is 1. The van der Waals surface area contributed by atoms with Crippen LogP contribution in [-0.2, 0) is 32.7 Å². The minimum absolute atomic E-state index is 0. The molecule has 0 saturated carbocycles. The number of Topliss-reactive ketones (excluding diaryl/α,β-unsaturated/α-hetero) is 2. The van der Waals surface area contributed by atoms with Gasteiger partial charge in [0.2, 0.25) is 33.1 Å². The zero-order valence-electron chi connectivity index (χ0n) is 55.0. The van der Waals surface area contributed by atoms with Gasteiger partial charge in [-0.2, -0.15) is 5.11 Å². The van der Waals surface area contributed by atoms with Gasteiger partial charge in [-0.15, -0.1) is 5.11 Å². The Balaban J connectivity index is 0.000000129. The van der Waals surface area contributed by atoms with Crippen molar-refractivity contribution in [1.82, 2.24) is 4.98 Å². The van der Waals surface area contributed by atoms with E-state index in [1.807, 2.05) is 113 Å². The molecule has 0 aliphatic heterocycles. The first-order valence-corrected chi connectivity index (χ1v) is 30.9. The Morgan fingerprint density at radius 1 is 0.442 bits per heavy atom. The minimum atomic E-state index is -0.559. The number of carbonyl (C=O) groups excluding carboxylic acids is 2. The fourth-order valence-electron chi connectivity index (χ4n) is 11.7. The Bertz CT molecular complexity index is 5030. The van der Waals surface area contributed by atoms with Crippen molar-refractivity contribution < 1.29 is 67.5 Å². The molecular formula is C78H77N12O4Y+3. The normalized spacial score (nSPS) is 13.8. The first kappa shape index (κ1) is 67.2. The van der Waals surface area contributed by atoms with Gasteiger partial charge < -0.3 is 42.1 Å². The average molecular weight is 1340 g/mol. The third kappa shape index (κ3) is 15.1. The standard InChI is InChI=1S/C18H16N2O.C17H19N3.C15H16N4.C15H12O3.C13H11N3.Y/c1-12-10-13(2)17-14(11-12)8-9-16(21)18(17)20-19-15-6-4-3-5-7-15;1-19(2)14-7-5-12-9-13-6-8-15(20(3)4)11-17(13)18-16(12)10-14;1-9-6-13-15(8-11(9)16)18-14-7-10(19(2)3)4-5-12(14)17-13;1-8-6-11-12(7-13(8)16)15(18)10-5-3-2-4-9(10)14(11)17;14-10-3-1-8-5-9-2-4-11(15)7-13(9)16-12(8)6-10;/h3-11,21H,1-2H3;5-11H,1-4H3;4-8H,16H2,1-3H3;2-7,11-12,16H,1H3;1-7H,14-15H2;/p+3. The van der Waals surface area contributed by atoms with E-state index in [0.717, 1.165) is 94.2 Å². The number of nitrogens with two attached hydrogens (primary N) is 3. The van der Waals surface area contributed by atoms with Crippen LogP contribution in [0.3, 0.4) is 0 Å². The number of aryl methyl sites for hydroxylation is 3. The van der Waals surface area contributed by atoms with Gasteiger partial charge in [0, 0.05) is 184 Å². The number of hydrogen-bond acceptors (Lipinski definition) is 13. The van der Waals surface area contributed by atoms with Gasteiger partial charge in [-0.25, -0.2) is 19.9 Å². The van der Waals surface area contributed by atoms with E-state index in [0.29, 0.717) is 22.4 Å². The zero-order chi connectivity index (χ0) is 66.6. The second kappa shape index (κ2) is 28.7. The largest absolute Gasteiger partial charge is 0.508 e. The fraction of sp³-hybridized carbons (Fsp3) is 0.154. The molecule has 0 saturated heterocycles. The third-order valence-electron chi connectivity index (χ3n) is 16.9. The number of fused-ring (bicyclic) bond motifs is 9. The van der Waals surface area contributed by atoms with Crippen LogP contribution in [0.2, 0.25) is 0 Å². The number of phenolic OH excluding ortho intramolecular Hbond substituents is 1. The predicted octanol–water partition coefficient (Wildman–Crippen LogP) is 15.3. The summed E-state index contributed by atoms with van der Waals surface area (Å²) in [5.74, 6) is -0.922. The molecule has 2 atom stereocenters. The second-order valence-corrected chi connectivity index (χ2v) is 24.5. The molecule has 2 unspecified atom stereocenters. The fourth-order valence-corrected chi connectivity index (χ4v) is 11.7. The van der Waals surface area contributed by atoms with Crippen molar-refractivity contribution in [3.63, 3.8) is 0 Å². The van der Waals surface area contributed by atoms with Crippen LogP contribution < -0.4 is 46.9 Å². The van der Waals surface area contributed by atoms with E-state index in [-0.39, 0.29) is 55.8 Å². The van der Waals surface area contributed by atoms with Gasteiger partial charge in [0.05, 0.1) is 17.5 Å². The van der Waals surface area contributed by atoms with Crippen molar-refractivity contribution in [1.29, 1.82) is 0 Å². The van der Waals surface area contributed by atoms with Crippen LogP contribution in [0, 0.1) is 32.6 Å². The molecule has 0 bridgehead atoms. The number of hydrogen-bond donors (Lipinski definition) is 5. The average Bonchev–Trinajstić information content (AvgIpc) is 0.781. The maximum Gasteiger partial charge on any atom is 0.230 e.